The van der Waals surface area contributed by atoms with Gasteiger partial charge in [-0.3, -0.25) is 14.9 Å². The van der Waals surface area contributed by atoms with Crippen molar-refractivity contribution in [3.8, 4) is 0 Å². The molecule has 0 spiro atoms. The first-order valence-corrected chi connectivity index (χ1v) is 13.3. The molecule has 0 saturated carbocycles. The molecule has 5 rings (SSSR count). The lowest BCUT2D eigenvalue weighted by atomic mass is 10.0. The van der Waals surface area contributed by atoms with Gasteiger partial charge in [0.15, 0.2) is 0 Å². The highest BCUT2D eigenvalue weighted by molar-refractivity contribution is 7.93. The third-order valence-electron chi connectivity index (χ3n) is 5.71. The number of nitrogens with one attached hydrogen (secondary N) is 3. The Balaban J connectivity index is 0.00000320. The Kier molecular flexibility index (Phi) is 7.44. The van der Waals surface area contributed by atoms with E-state index in [0.717, 1.165) is 15.6 Å². The molecule has 0 bridgehead atoms. The van der Waals surface area contributed by atoms with Crippen molar-refractivity contribution >= 4 is 72.2 Å². The Labute approximate surface area is 223 Å². The van der Waals surface area contributed by atoms with E-state index in [2.05, 4.69) is 15.0 Å². The van der Waals surface area contributed by atoms with E-state index < -0.39 is 10.0 Å². The summed E-state index contributed by atoms with van der Waals surface area (Å²) in [5.74, 6) is -0.261. The number of aromatic nitrogens is 1. The van der Waals surface area contributed by atoms with Gasteiger partial charge in [-0.15, -0.1) is 23.7 Å². The fourth-order valence-electron chi connectivity index (χ4n) is 3.91. The van der Waals surface area contributed by atoms with Crippen LogP contribution < -0.4 is 15.8 Å². The zero-order valence-electron chi connectivity index (χ0n) is 19.3. The molecule has 0 saturated heterocycles. The predicted molar refractivity (Wildman–Crippen MR) is 150 cm³/mol. The van der Waals surface area contributed by atoms with E-state index in [-0.39, 0.29) is 29.0 Å². The van der Waals surface area contributed by atoms with Crippen LogP contribution in [0.4, 0.5) is 5.69 Å². The molecule has 0 aliphatic carbocycles. The van der Waals surface area contributed by atoms with Crippen molar-refractivity contribution < 1.29 is 13.2 Å². The summed E-state index contributed by atoms with van der Waals surface area (Å²) >= 11 is 1.38. The van der Waals surface area contributed by atoms with Gasteiger partial charge in [-0.05, 0) is 46.7 Å². The van der Waals surface area contributed by atoms with Crippen LogP contribution >= 0.6 is 23.7 Å². The molecule has 0 aliphatic heterocycles. The number of halogens is 1. The summed E-state index contributed by atoms with van der Waals surface area (Å²) in [6.07, 6.45) is 0. The SMILES string of the molecule is Cl.N=C(N)c1ccc(CNC(=O)c2cccc3cc(NS(=O)(=O)c4cccc5scnc45)ccc23)cc1. The molecule has 8 nitrogen and oxygen atoms in total. The van der Waals surface area contributed by atoms with Gasteiger partial charge in [0.1, 0.15) is 16.2 Å². The van der Waals surface area contributed by atoms with Crippen LogP contribution in [0.2, 0.25) is 0 Å². The number of rotatable bonds is 7. The number of benzene rings is 4. The minimum atomic E-state index is -3.86. The maximum atomic E-state index is 13.1. The van der Waals surface area contributed by atoms with Gasteiger partial charge in [0, 0.05) is 23.4 Å². The summed E-state index contributed by atoms with van der Waals surface area (Å²) in [6, 6.07) is 22.5. The Morgan fingerprint density at radius 3 is 2.51 bits per heavy atom. The summed E-state index contributed by atoms with van der Waals surface area (Å²) < 4.78 is 29.6. The van der Waals surface area contributed by atoms with Crippen molar-refractivity contribution in [3.63, 3.8) is 0 Å². The molecule has 1 heterocycles. The number of hydrogen-bond acceptors (Lipinski definition) is 6. The van der Waals surface area contributed by atoms with Gasteiger partial charge in [0.25, 0.3) is 15.9 Å². The summed E-state index contributed by atoms with van der Waals surface area (Å²) in [4.78, 5) is 17.2. The van der Waals surface area contributed by atoms with E-state index in [0.29, 0.717) is 34.3 Å². The number of nitrogens with zero attached hydrogens (tertiary/aromatic N) is 1. The van der Waals surface area contributed by atoms with Gasteiger partial charge in [0.2, 0.25) is 0 Å². The number of carbonyl (C=O) groups is 1. The predicted octanol–water partition coefficient (Wildman–Crippen LogP) is 4.89. The molecule has 5 aromatic rings. The number of thiazole rings is 1. The fraction of sp³-hybridized carbons (Fsp3) is 0.0385. The number of hydrogen-bond donors (Lipinski definition) is 4. The number of anilines is 1. The van der Waals surface area contributed by atoms with Crippen LogP contribution in [0, 0.1) is 5.41 Å². The fourth-order valence-corrected chi connectivity index (χ4v) is 5.90. The number of para-hydroxylation sites is 1. The van der Waals surface area contributed by atoms with Crippen molar-refractivity contribution in [3.05, 3.63) is 101 Å². The molecule has 5 N–H and O–H groups in total. The number of sulfonamides is 1. The van der Waals surface area contributed by atoms with Gasteiger partial charge in [-0.1, -0.05) is 48.5 Å². The maximum Gasteiger partial charge on any atom is 0.264 e. The van der Waals surface area contributed by atoms with Crippen LogP contribution in [-0.4, -0.2) is 25.1 Å². The minimum Gasteiger partial charge on any atom is -0.384 e. The normalized spacial score (nSPS) is 11.1. The summed E-state index contributed by atoms with van der Waals surface area (Å²) in [6.45, 7) is 0.313. The van der Waals surface area contributed by atoms with Crippen molar-refractivity contribution in [1.82, 2.24) is 10.3 Å². The Morgan fingerprint density at radius 1 is 1.00 bits per heavy atom. The monoisotopic (exact) mass is 551 g/mol. The van der Waals surface area contributed by atoms with Crippen LogP contribution in [-0.2, 0) is 16.6 Å². The Morgan fingerprint density at radius 2 is 1.76 bits per heavy atom. The smallest absolute Gasteiger partial charge is 0.264 e. The first-order chi connectivity index (χ1) is 17.3. The Bertz CT molecular complexity index is 1730. The zero-order valence-corrected chi connectivity index (χ0v) is 21.7. The van der Waals surface area contributed by atoms with Crippen LogP contribution in [0.1, 0.15) is 21.5 Å². The van der Waals surface area contributed by atoms with Crippen LogP contribution in [0.5, 0.6) is 0 Å². The number of fused-ring (bicyclic) bond motifs is 2. The molecule has 0 fully saturated rings. The van der Waals surface area contributed by atoms with Crippen LogP contribution in [0.25, 0.3) is 21.0 Å². The highest BCUT2D eigenvalue weighted by atomic mass is 35.5. The molecular formula is C26H22ClN5O3S2. The first kappa shape index (κ1) is 26.1. The lowest BCUT2D eigenvalue weighted by Crippen LogP contribution is -2.23. The van der Waals surface area contributed by atoms with Crippen LogP contribution in [0.3, 0.4) is 0 Å². The molecule has 37 heavy (non-hydrogen) atoms. The summed E-state index contributed by atoms with van der Waals surface area (Å²) in [7, 11) is -3.86. The van der Waals surface area contributed by atoms with E-state index in [1.165, 1.54) is 17.4 Å². The number of amides is 1. The number of nitrogens with two attached hydrogens (primary N) is 1. The Hall–Kier alpha value is -3.99. The van der Waals surface area contributed by atoms with Crippen molar-refractivity contribution in [2.75, 3.05) is 4.72 Å². The maximum absolute atomic E-state index is 13.1. The highest BCUT2D eigenvalue weighted by Crippen LogP contribution is 2.28. The van der Waals surface area contributed by atoms with Gasteiger partial charge < -0.3 is 11.1 Å². The molecule has 0 aliphatic rings. The molecule has 0 unspecified atom stereocenters. The van der Waals surface area contributed by atoms with Gasteiger partial charge in [-0.25, -0.2) is 13.4 Å². The summed E-state index contributed by atoms with van der Waals surface area (Å²) in [5.41, 5.74) is 9.90. The molecule has 188 valence electrons. The number of nitrogen functional groups attached to an aromatic ring is 1. The standard InChI is InChI=1S/C26H21N5O3S2.ClH/c27-25(28)17-9-7-16(8-10-17)14-29-26(32)21-4-1-3-18-13-19(11-12-20(18)21)31-36(33,34)23-6-2-5-22-24(23)30-15-35-22;/h1-13,15,31H,14H2,(H3,27,28)(H,29,32);1H. The molecule has 0 radical (unpaired) electrons. The van der Waals surface area contributed by atoms with E-state index >= 15 is 0 Å². The average Bonchev–Trinajstić information content (AvgIpc) is 3.36. The number of carbonyl (C=O) groups excluding carboxylic acids is 1. The molecule has 4 aromatic carbocycles. The minimum absolute atomic E-state index is 0. The van der Waals surface area contributed by atoms with E-state index in [4.69, 9.17) is 11.1 Å². The quantitative estimate of drug-likeness (QED) is 0.168. The summed E-state index contributed by atoms with van der Waals surface area (Å²) in [5, 5.41) is 11.8. The lowest BCUT2D eigenvalue weighted by molar-refractivity contribution is 0.0952. The molecule has 0 atom stereocenters. The average molecular weight is 552 g/mol. The van der Waals surface area contributed by atoms with Crippen molar-refractivity contribution in [2.45, 2.75) is 11.4 Å². The second kappa shape index (κ2) is 10.6. The van der Waals surface area contributed by atoms with E-state index in [9.17, 15) is 13.2 Å². The molecule has 1 aromatic heterocycles. The lowest BCUT2D eigenvalue weighted by Gasteiger charge is -2.12. The van der Waals surface area contributed by atoms with Crippen molar-refractivity contribution in [1.29, 1.82) is 5.41 Å². The van der Waals surface area contributed by atoms with Gasteiger partial charge >= 0.3 is 0 Å². The van der Waals surface area contributed by atoms with Crippen molar-refractivity contribution in [2.24, 2.45) is 5.73 Å². The third kappa shape index (κ3) is 5.41. The highest BCUT2D eigenvalue weighted by Gasteiger charge is 2.19. The molecular weight excluding hydrogens is 530 g/mol. The van der Waals surface area contributed by atoms with Gasteiger partial charge in [-0.2, -0.15) is 0 Å². The topological polar surface area (TPSA) is 138 Å². The van der Waals surface area contributed by atoms with E-state index in [1.807, 2.05) is 24.3 Å². The first-order valence-electron chi connectivity index (χ1n) is 10.9. The largest absolute Gasteiger partial charge is 0.384 e. The molecule has 11 heteroatoms. The second-order valence-electron chi connectivity index (χ2n) is 8.10. The second-order valence-corrected chi connectivity index (χ2v) is 10.6. The van der Waals surface area contributed by atoms with Crippen LogP contribution in [0.15, 0.2) is 89.3 Å². The van der Waals surface area contributed by atoms with Gasteiger partial charge in [0.05, 0.1) is 10.2 Å². The number of amidine groups is 1. The zero-order chi connectivity index (χ0) is 25.3. The molecule has 1 amide bonds. The third-order valence-corrected chi connectivity index (χ3v) is 7.92. The van der Waals surface area contributed by atoms with E-state index in [1.54, 1.807) is 54.0 Å².